The van der Waals surface area contributed by atoms with Gasteiger partial charge in [-0.1, -0.05) is 0 Å². The quantitative estimate of drug-likeness (QED) is 0.780. The fourth-order valence-electron chi connectivity index (χ4n) is 5.03. The number of fused-ring (bicyclic) bond motifs is 1. The Bertz CT molecular complexity index is 987. The molecule has 3 fully saturated rings. The molecule has 1 aliphatic heterocycles. The molecule has 0 radical (unpaired) electrons. The van der Waals surface area contributed by atoms with E-state index in [2.05, 4.69) is 10.6 Å². The van der Waals surface area contributed by atoms with E-state index in [9.17, 15) is 18.8 Å². The van der Waals surface area contributed by atoms with Crippen LogP contribution in [0, 0.1) is 29.5 Å². The van der Waals surface area contributed by atoms with Crippen molar-refractivity contribution in [1.29, 1.82) is 0 Å². The first-order valence-corrected chi connectivity index (χ1v) is 9.68. The number of carbonyl (C=O) groups is 3. The van der Waals surface area contributed by atoms with Gasteiger partial charge in [0.2, 0.25) is 5.91 Å². The summed E-state index contributed by atoms with van der Waals surface area (Å²) in [6.45, 7) is 0. The average Bonchev–Trinajstić information content (AvgIpc) is 3.33. The van der Waals surface area contributed by atoms with Gasteiger partial charge in [-0.15, -0.1) is 0 Å². The highest BCUT2D eigenvalue weighted by molar-refractivity contribution is 6.04. The summed E-state index contributed by atoms with van der Waals surface area (Å²) in [5.74, 6) is -1.39. The van der Waals surface area contributed by atoms with E-state index >= 15 is 0 Å². The Morgan fingerprint density at radius 3 is 2.31 bits per heavy atom. The third-order valence-electron chi connectivity index (χ3n) is 6.30. The summed E-state index contributed by atoms with van der Waals surface area (Å²) in [5, 5.41) is 5.56. The maximum atomic E-state index is 13.0. The molecule has 5 rings (SSSR count). The van der Waals surface area contributed by atoms with Crippen molar-refractivity contribution in [3.63, 3.8) is 0 Å². The number of esters is 1. The minimum atomic E-state index is -0.375. The molecule has 0 spiro atoms. The molecule has 5 atom stereocenters. The predicted octanol–water partition coefficient (Wildman–Crippen LogP) is 3.21. The molecule has 2 N–H and O–H groups in total. The van der Waals surface area contributed by atoms with Crippen LogP contribution in [0.4, 0.5) is 15.8 Å². The van der Waals surface area contributed by atoms with Crippen LogP contribution in [0.25, 0.3) is 0 Å². The number of halogens is 1. The second-order valence-electron chi connectivity index (χ2n) is 7.95. The van der Waals surface area contributed by atoms with E-state index in [4.69, 9.17) is 4.74 Å². The molecular formula is C22H19FN2O4. The average molecular weight is 394 g/mol. The van der Waals surface area contributed by atoms with Gasteiger partial charge in [-0.25, -0.2) is 4.39 Å². The van der Waals surface area contributed by atoms with E-state index in [1.54, 1.807) is 24.3 Å². The normalized spacial score (nSPS) is 28.9. The molecule has 2 aliphatic carbocycles. The van der Waals surface area contributed by atoms with Crippen molar-refractivity contribution in [1.82, 2.24) is 0 Å². The molecule has 3 aliphatic rings. The molecule has 2 bridgehead atoms. The first-order chi connectivity index (χ1) is 14.0. The number of carbonyl (C=O) groups excluding carboxylic acids is 3. The molecule has 7 heteroatoms. The lowest BCUT2D eigenvalue weighted by Gasteiger charge is -2.23. The van der Waals surface area contributed by atoms with Gasteiger partial charge in [0, 0.05) is 22.9 Å². The van der Waals surface area contributed by atoms with Gasteiger partial charge in [0.15, 0.2) is 0 Å². The first kappa shape index (κ1) is 17.8. The Morgan fingerprint density at radius 1 is 0.931 bits per heavy atom. The van der Waals surface area contributed by atoms with Crippen LogP contribution in [0.3, 0.4) is 0 Å². The number of amides is 2. The predicted molar refractivity (Wildman–Crippen MR) is 102 cm³/mol. The van der Waals surface area contributed by atoms with E-state index in [1.807, 2.05) is 0 Å². The lowest BCUT2D eigenvalue weighted by Crippen LogP contribution is -2.35. The van der Waals surface area contributed by atoms with Crippen LogP contribution in [0.15, 0.2) is 48.5 Å². The number of anilines is 2. The minimum absolute atomic E-state index is 0.000420. The first-order valence-electron chi connectivity index (χ1n) is 9.68. The molecule has 1 saturated heterocycles. The monoisotopic (exact) mass is 394 g/mol. The minimum Gasteiger partial charge on any atom is -0.462 e. The van der Waals surface area contributed by atoms with E-state index in [0.717, 1.165) is 12.8 Å². The Balaban J connectivity index is 1.24. The van der Waals surface area contributed by atoms with Crippen LogP contribution >= 0.6 is 0 Å². The van der Waals surface area contributed by atoms with Crippen molar-refractivity contribution in [3.05, 3.63) is 59.9 Å². The lowest BCUT2D eigenvalue weighted by molar-refractivity contribution is -0.145. The van der Waals surface area contributed by atoms with Crippen molar-refractivity contribution in [2.75, 3.05) is 10.6 Å². The summed E-state index contributed by atoms with van der Waals surface area (Å²) < 4.78 is 18.3. The topological polar surface area (TPSA) is 84.5 Å². The summed E-state index contributed by atoms with van der Waals surface area (Å²) in [6, 6.07) is 12.0. The van der Waals surface area contributed by atoms with Crippen molar-refractivity contribution in [2.24, 2.45) is 23.7 Å². The van der Waals surface area contributed by atoms with Crippen LogP contribution in [0.5, 0.6) is 0 Å². The van der Waals surface area contributed by atoms with Crippen molar-refractivity contribution in [3.8, 4) is 0 Å². The van der Waals surface area contributed by atoms with Crippen LogP contribution < -0.4 is 10.6 Å². The van der Waals surface area contributed by atoms with Gasteiger partial charge in [0.05, 0.1) is 11.8 Å². The third-order valence-corrected chi connectivity index (χ3v) is 6.30. The van der Waals surface area contributed by atoms with Crippen molar-refractivity contribution in [2.45, 2.75) is 18.9 Å². The van der Waals surface area contributed by atoms with E-state index in [0.29, 0.717) is 16.9 Å². The highest BCUT2D eigenvalue weighted by atomic mass is 19.1. The van der Waals surface area contributed by atoms with Gasteiger partial charge >= 0.3 is 5.97 Å². The van der Waals surface area contributed by atoms with Gasteiger partial charge in [0.25, 0.3) is 5.91 Å². The second-order valence-corrected chi connectivity index (χ2v) is 7.95. The van der Waals surface area contributed by atoms with E-state index in [1.165, 1.54) is 24.3 Å². The number of hydrogen-bond donors (Lipinski definition) is 2. The van der Waals surface area contributed by atoms with Crippen LogP contribution in [-0.4, -0.2) is 23.9 Å². The third kappa shape index (κ3) is 3.06. The van der Waals surface area contributed by atoms with Gasteiger partial charge in [-0.2, -0.15) is 0 Å². The fraction of sp³-hybridized carbons (Fsp3) is 0.318. The highest BCUT2D eigenvalue weighted by Gasteiger charge is 2.63. The molecule has 2 aromatic carbocycles. The largest absolute Gasteiger partial charge is 0.462 e. The molecule has 2 amide bonds. The van der Waals surface area contributed by atoms with E-state index in [-0.39, 0.29) is 53.4 Å². The van der Waals surface area contributed by atoms with Crippen LogP contribution in [0.2, 0.25) is 0 Å². The summed E-state index contributed by atoms with van der Waals surface area (Å²) >= 11 is 0. The lowest BCUT2D eigenvalue weighted by atomic mass is 9.79. The number of hydrogen-bond acceptors (Lipinski definition) is 4. The zero-order valence-corrected chi connectivity index (χ0v) is 15.4. The Hall–Kier alpha value is -3.22. The zero-order valence-electron chi connectivity index (χ0n) is 15.4. The van der Waals surface area contributed by atoms with Crippen LogP contribution in [0.1, 0.15) is 23.2 Å². The van der Waals surface area contributed by atoms with Gasteiger partial charge in [-0.3, -0.25) is 14.4 Å². The molecule has 0 unspecified atom stereocenters. The summed E-state index contributed by atoms with van der Waals surface area (Å²) in [7, 11) is 0. The number of ether oxygens (including phenoxy) is 1. The SMILES string of the molecule is O=C(Nc1ccc(F)cc1)c1ccc(NC(=O)[C@H]2[C@@H]3C[C@@H]4[C@@H]2C(=O)O[C@@H]4C3)cc1. The molecule has 2 aromatic rings. The number of benzene rings is 2. The molecule has 29 heavy (non-hydrogen) atoms. The Kier molecular flexibility index (Phi) is 4.12. The second kappa shape index (κ2) is 6.69. The number of nitrogens with one attached hydrogen (secondary N) is 2. The summed E-state index contributed by atoms with van der Waals surface area (Å²) in [5.41, 5.74) is 1.47. The molecule has 6 nitrogen and oxygen atoms in total. The van der Waals surface area contributed by atoms with Gasteiger partial charge < -0.3 is 15.4 Å². The smallest absolute Gasteiger partial charge is 0.310 e. The molecule has 2 saturated carbocycles. The van der Waals surface area contributed by atoms with Crippen LogP contribution in [-0.2, 0) is 14.3 Å². The van der Waals surface area contributed by atoms with Gasteiger partial charge in [0.1, 0.15) is 11.9 Å². The summed E-state index contributed by atoms with van der Waals surface area (Å²) in [4.78, 5) is 37.2. The zero-order chi connectivity index (χ0) is 20.1. The van der Waals surface area contributed by atoms with Crippen molar-refractivity contribution < 1.29 is 23.5 Å². The highest BCUT2D eigenvalue weighted by Crippen LogP contribution is 2.57. The van der Waals surface area contributed by atoms with Crippen molar-refractivity contribution >= 4 is 29.2 Å². The number of rotatable bonds is 4. The maximum Gasteiger partial charge on any atom is 0.310 e. The molecular weight excluding hydrogens is 375 g/mol. The summed E-state index contributed by atoms with van der Waals surface area (Å²) in [6.07, 6.45) is 1.65. The molecule has 1 heterocycles. The molecule has 0 aromatic heterocycles. The maximum absolute atomic E-state index is 13.0. The standard InChI is InChI=1S/C22H19FN2O4/c23-13-3-7-15(8-4-13)24-20(26)11-1-5-14(6-2-11)25-21(27)18-12-9-16-17(10-12)29-22(28)19(16)18/h1-8,12,16-19H,9-10H2,(H,24,26)(H,25,27)/t12-,16+,17-,18+,19+/m1/s1. The van der Waals surface area contributed by atoms with E-state index < -0.39 is 0 Å². The fourth-order valence-corrected chi connectivity index (χ4v) is 5.03. The Morgan fingerprint density at radius 2 is 1.59 bits per heavy atom. The molecule has 148 valence electrons. The Labute approximate surface area is 166 Å². The van der Waals surface area contributed by atoms with Gasteiger partial charge in [-0.05, 0) is 67.3 Å².